The molecule has 1 aliphatic carbocycles. The van der Waals surface area contributed by atoms with Crippen molar-refractivity contribution in [2.45, 2.75) is 25.3 Å². The van der Waals surface area contributed by atoms with E-state index in [4.69, 9.17) is 9.84 Å². The summed E-state index contributed by atoms with van der Waals surface area (Å²) in [6.07, 6.45) is 4.92. The maximum absolute atomic E-state index is 14.1. The first kappa shape index (κ1) is 27.8. The molecule has 1 saturated heterocycles. The number of allylic oxidation sites excluding steroid dienone is 1. The monoisotopic (exact) mass is 678 g/mol. The molecule has 0 aromatic heterocycles. The van der Waals surface area contributed by atoms with E-state index >= 15 is 0 Å². The molecule has 1 saturated carbocycles. The Labute approximate surface area is 255 Å². The third-order valence-corrected chi connectivity index (χ3v) is 8.96. The van der Waals surface area contributed by atoms with Crippen LogP contribution in [0.2, 0.25) is 0 Å². The second-order valence-corrected chi connectivity index (χ2v) is 12.2. The predicted molar refractivity (Wildman–Crippen MR) is 166 cm³/mol. The highest BCUT2D eigenvalue weighted by molar-refractivity contribution is 9.10. The van der Waals surface area contributed by atoms with Crippen molar-refractivity contribution in [2.75, 3.05) is 31.2 Å². The van der Waals surface area contributed by atoms with E-state index in [9.17, 15) is 14.9 Å². The lowest BCUT2D eigenvalue weighted by atomic mass is 9.77. The molecule has 1 amide bonds. The molecule has 2 fully saturated rings. The Hall–Kier alpha value is -3.34. The summed E-state index contributed by atoms with van der Waals surface area (Å²) in [7, 11) is 0. The van der Waals surface area contributed by atoms with Gasteiger partial charge in [-0.2, -0.15) is 5.10 Å². The average molecular weight is 680 g/mol. The molecule has 2 atom stereocenters. The van der Waals surface area contributed by atoms with Crippen LogP contribution in [0.1, 0.15) is 46.8 Å². The number of morpholine rings is 1. The minimum absolute atomic E-state index is 0.0261. The van der Waals surface area contributed by atoms with Crippen LogP contribution < -0.4 is 4.90 Å². The van der Waals surface area contributed by atoms with Crippen LogP contribution in [0.3, 0.4) is 0 Å². The van der Waals surface area contributed by atoms with Crippen LogP contribution in [-0.4, -0.2) is 47.9 Å². The fraction of sp³-hybridized carbons (Fsp3) is 0.290. The van der Waals surface area contributed by atoms with Gasteiger partial charge in [0.15, 0.2) is 0 Å². The molecule has 0 bridgehead atoms. The number of ether oxygens (including phenoxy) is 1. The number of hydrogen-bond acceptors (Lipinski definition) is 6. The fourth-order valence-corrected chi connectivity index (χ4v) is 6.46. The van der Waals surface area contributed by atoms with Gasteiger partial charge in [-0.1, -0.05) is 56.1 Å². The minimum Gasteiger partial charge on any atom is -0.378 e. The number of nitro groups is 1. The number of hydrogen-bond donors (Lipinski definition) is 0. The molecule has 0 radical (unpaired) electrons. The van der Waals surface area contributed by atoms with Gasteiger partial charge in [0.2, 0.25) is 0 Å². The van der Waals surface area contributed by atoms with Crippen LogP contribution in [0, 0.1) is 16.0 Å². The fourth-order valence-electron chi connectivity index (χ4n) is 5.93. The van der Waals surface area contributed by atoms with E-state index in [1.54, 1.807) is 17.1 Å². The van der Waals surface area contributed by atoms with E-state index in [0.717, 1.165) is 50.6 Å². The van der Waals surface area contributed by atoms with Gasteiger partial charge in [0.25, 0.3) is 11.6 Å². The third kappa shape index (κ3) is 5.73. The summed E-state index contributed by atoms with van der Waals surface area (Å²) in [5.41, 5.74) is 4.76. The molecule has 0 spiro atoms. The molecular formula is C31H28Br2N4O4. The minimum atomic E-state index is -0.414. The van der Waals surface area contributed by atoms with E-state index in [0.29, 0.717) is 32.0 Å². The lowest BCUT2D eigenvalue weighted by Crippen LogP contribution is -2.36. The van der Waals surface area contributed by atoms with Gasteiger partial charge in [0.1, 0.15) is 5.69 Å². The van der Waals surface area contributed by atoms with Crippen molar-refractivity contribution >= 4 is 60.9 Å². The number of hydrazone groups is 1. The van der Waals surface area contributed by atoms with Crippen molar-refractivity contribution in [3.63, 3.8) is 0 Å². The normalized spacial score (nSPS) is 21.5. The Balaban J connectivity index is 1.40. The van der Waals surface area contributed by atoms with E-state index < -0.39 is 4.92 Å². The van der Waals surface area contributed by atoms with Crippen molar-refractivity contribution in [3.8, 4) is 0 Å². The Bertz CT molecular complexity index is 1530. The van der Waals surface area contributed by atoms with Gasteiger partial charge in [-0.3, -0.25) is 14.9 Å². The van der Waals surface area contributed by atoms with E-state index in [1.807, 2.05) is 41.3 Å². The zero-order valence-corrected chi connectivity index (χ0v) is 25.4. The SMILES string of the molecule is O=C(c1ccc(N2CCOCC2)c([N+](=O)[O-])c1)N1N=C2/C(=C/c3ccc(Br)cc3)CCC[C@H]2[C@H]1c1ccc(Br)cc1. The molecule has 41 heavy (non-hydrogen) atoms. The Morgan fingerprint density at radius 2 is 1.68 bits per heavy atom. The van der Waals surface area contributed by atoms with Crippen LogP contribution in [0.15, 0.2) is 86.3 Å². The smallest absolute Gasteiger partial charge is 0.293 e. The topological polar surface area (TPSA) is 88.3 Å². The van der Waals surface area contributed by atoms with Gasteiger partial charge in [-0.25, -0.2) is 5.01 Å². The third-order valence-electron chi connectivity index (χ3n) is 7.90. The van der Waals surface area contributed by atoms with Gasteiger partial charge >= 0.3 is 0 Å². The highest BCUT2D eigenvalue weighted by Gasteiger charge is 2.44. The number of benzene rings is 3. The second-order valence-electron chi connectivity index (χ2n) is 10.4. The average Bonchev–Trinajstić information content (AvgIpc) is 3.39. The van der Waals surface area contributed by atoms with Crippen molar-refractivity contribution in [1.29, 1.82) is 0 Å². The summed E-state index contributed by atoms with van der Waals surface area (Å²) in [4.78, 5) is 27.8. The number of amides is 1. The lowest BCUT2D eigenvalue weighted by Gasteiger charge is -2.30. The largest absolute Gasteiger partial charge is 0.378 e. The van der Waals surface area contributed by atoms with Crippen molar-refractivity contribution in [2.24, 2.45) is 11.0 Å². The van der Waals surface area contributed by atoms with Crippen LogP contribution in [0.4, 0.5) is 11.4 Å². The molecule has 3 aromatic carbocycles. The van der Waals surface area contributed by atoms with Gasteiger partial charge in [0.05, 0.1) is 29.9 Å². The van der Waals surface area contributed by atoms with Crippen LogP contribution in [0.25, 0.3) is 6.08 Å². The molecule has 8 nitrogen and oxygen atoms in total. The van der Waals surface area contributed by atoms with E-state index in [2.05, 4.69) is 50.1 Å². The van der Waals surface area contributed by atoms with Crippen LogP contribution in [0.5, 0.6) is 0 Å². The predicted octanol–water partition coefficient (Wildman–Crippen LogP) is 7.39. The quantitative estimate of drug-likeness (QED) is 0.207. The van der Waals surface area contributed by atoms with E-state index in [1.165, 1.54) is 6.07 Å². The molecule has 3 aromatic rings. The Morgan fingerprint density at radius 3 is 2.37 bits per heavy atom. The van der Waals surface area contributed by atoms with Gasteiger partial charge in [-0.05, 0) is 78.4 Å². The summed E-state index contributed by atoms with van der Waals surface area (Å²) >= 11 is 7.02. The number of carbonyl (C=O) groups is 1. The Kier molecular flexibility index (Phi) is 8.05. The molecule has 6 rings (SSSR count). The number of carbonyl (C=O) groups excluding carboxylic acids is 1. The second kappa shape index (κ2) is 11.9. The first-order chi connectivity index (χ1) is 19.9. The molecule has 0 N–H and O–H groups in total. The number of fused-ring (bicyclic) bond motifs is 1. The summed E-state index contributed by atoms with van der Waals surface area (Å²) in [5.74, 6) is -0.322. The number of rotatable bonds is 5. The molecule has 2 aliphatic heterocycles. The molecule has 210 valence electrons. The number of nitro benzene ring substituents is 1. The highest BCUT2D eigenvalue weighted by atomic mass is 79.9. The summed E-state index contributed by atoms with van der Waals surface area (Å²) < 4.78 is 7.38. The van der Waals surface area contributed by atoms with Gasteiger partial charge < -0.3 is 9.64 Å². The molecule has 2 heterocycles. The zero-order valence-electron chi connectivity index (χ0n) is 22.2. The van der Waals surface area contributed by atoms with Crippen molar-refractivity contribution in [1.82, 2.24) is 5.01 Å². The van der Waals surface area contributed by atoms with Crippen LogP contribution >= 0.6 is 31.9 Å². The molecule has 3 aliphatic rings. The van der Waals surface area contributed by atoms with Crippen molar-refractivity contribution < 1.29 is 14.5 Å². The maximum Gasteiger partial charge on any atom is 0.293 e. The van der Waals surface area contributed by atoms with E-state index in [-0.39, 0.29) is 29.1 Å². The number of anilines is 1. The maximum atomic E-state index is 14.1. The first-order valence-corrected chi connectivity index (χ1v) is 15.2. The summed E-state index contributed by atoms with van der Waals surface area (Å²) in [6, 6.07) is 20.6. The first-order valence-electron chi connectivity index (χ1n) is 13.6. The summed E-state index contributed by atoms with van der Waals surface area (Å²) in [5, 5.41) is 18.6. The standard InChI is InChI=1S/C31H28Br2N4O4/c32-24-9-4-20(5-10-24)18-22-2-1-3-26-29(22)34-36(30(26)21-6-11-25(33)12-7-21)31(38)23-8-13-27(28(19-23)37(39)40)35-14-16-41-17-15-35/h4-13,18-19,26,30H,1-3,14-17H2/b22-18+/t26-,30-/m1/s1. The highest BCUT2D eigenvalue weighted by Crippen LogP contribution is 2.45. The van der Waals surface area contributed by atoms with Crippen LogP contribution in [-0.2, 0) is 4.74 Å². The Morgan fingerprint density at radius 1 is 1.00 bits per heavy atom. The molecule has 0 unspecified atom stereocenters. The lowest BCUT2D eigenvalue weighted by molar-refractivity contribution is -0.384. The van der Waals surface area contributed by atoms with Gasteiger partial charge in [0, 0.05) is 39.6 Å². The molecule has 10 heteroatoms. The van der Waals surface area contributed by atoms with Gasteiger partial charge in [-0.15, -0.1) is 0 Å². The summed E-state index contributed by atoms with van der Waals surface area (Å²) in [6.45, 7) is 2.15. The zero-order chi connectivity index (χ0) is 28.5. The number of halogens is 2. The number of nitrogens with zero attached hydrogens (tertiary/aromatic N) is 4. The molecular weight excluding hydrogens is 652 g/mol. The van der Waals surface area contributed by atoms with Crippen molar-refractivity contribution in [3.05, 3.63) is 108 Å².